The van der Waals surface area contributed by atoms with Gasteiger partial charge in [-0.1, -0.05) is 13.8 Å². The van der Waals surface area contributed by atoms with Gasteiger partial charge < -0.3 is 9.73 Å². The predicted molar refractivity (Wildman–Crippen MR) is 50.8 cm³/mol. The van der Waals surface area contributed by atoms with Gasteiger partial charge in [-0.3, -0.25) is 0 Å². The summed E-state index contributed by atoms with van der Waals surface area (Å²) in [6, 6.07) is 0.355. The third-order valence-electron chi connectivity index (χ3n) is 1.83. The fourth-order valence-corrected chi connectivity index (χ4v) is 1.10. The lowest BCUT2D eigenvalue weighted by atomic mass is 10.3. The zero-order chi connectivity index (χ0) is 12.2. The van der Waals surface area contributed by atoms with Crippen LogP contribution in [0.25, 0.3) is 0 Å². The van der Waals surface area contributed by atoms with Crippen LogP contribution in [0.1, 0.15) is 32.0 Å². The van der Waals surface area contributed by atoms with Gasteiger partial charge in [-0.25, -0.2) is 0 Å². The van der Waals surface area contributed by atoms with Gasteiger partial charge in [0.2, 0.25) is 5.89 Å². The number of hydrogen-bond donors (Lipinski definition) is 1. The zero-order valence-corrected chi connectivity index (χ0v) is 9.14. The molecule has 92 valence electrons. The van der Waals surface area contributed by atoms with Crippen LogP contribution in [0.15, 0.2) is 4.42 Å². The third kappa shape index (κ3) is 4.18. The van der Waals surface area contributed by atoms with Gasteiger partial charge in [0.1, 0.15) is 0 Å². The first-order chi connectivity index (χ1) is 7.39. The molecule has 1 aromatic rings. The number of aryl methyl sites for hydroxylation is 1. The van der Waals surface area contributed by atoms with Crippen molar-refractivity contribution >= 4 is 0 Å². The molecule has 0 radical (unpaired) electrons. The van der Waals surface area contributed by atoms with Crippen molar-refractivity contribution in [3.63, 3.8) is 0 Å². The average molecular weight is 237 g/mol. The van der Waals surface area contributed by atoms with E-state index in [1.165, 1.54) is 0 Å². The highest BCUT2D eigenvalue weighted by Crippen LogP contribution is 2.27. The summed E-state index contributed by atoms with van der Waals surface area (Å²) in [7, 11) is 0. The van der Waals surface area contributed by atoms with Crippen LogP contribution in [0.2, 0.25) is 0 Å². The van der Waals surface area contributed by atoms with Crippen molar-refractivity contribution in [1.29, 1.82) is 0 Å². The second-order valence-corrected chi connectivity index (χ2v) is 3.71. The van der Waals surface area contributed by atoms with Crippen molar-refractivity contribution in [3.8, 4) is 0 Å². The number of aromatic nitrogens is 2. The Balaban J connectivity index is 2.36. The summed E-state index contributed by atoms with van der Waals surface area (Å²) in [5, 5.41) is 9.41. The largest absolute Gasteiger partial charge is 0.470 e. The van der Waals surface area contributed by atoms with Crippen molar-refractivity contribution in [3.05, 3.63) is 11.8 Å². The topological polar surface area (TPSA) is 51.0 Å². The Bertz CT molecular complexity index is 322. The molecule has 0 spiro atoms. The minimum Gasteiger partial charge on any atom is -0.417 e. The molecule has 4 nitrogen and oxygen atoms in total. The summed E-state index contributed by atoms with van der Waals surface area (Å²) >= 11 is 0. The van der Waals surface area contributed by atoms with Gasteiger partial charge in [-0.15, -0.1) is 10.2 Å². The summed E-state index contributed by atoms with van der Waals surface area (Å²) in [5.74, 6) is -1.25. The highest BCUT2D eigenvalue weighted by molar-refractivity contribution is 4.86. The fourth-order valence-electron chi connectivity index (χ4n) is 1.10. The number of hydrogen-bond acceptors (Lipinski definition) is 4. The summed E-state index contributed by atoms with van der Waals surface area (Å²) in [5.41, 5.74) is 0. The van der Waals surface area contributed by atoms with Gasteiger partial charge in [0.15, 0.2) is 0 Å². The van der Waals surface area contributed by atoms with E-state index in [1.807, 2.05) is 13.8 Å². The molecule has 0 aliphatic carbocycles. The van der Waals surface area contributed by atoms with Crippen LogP contribution in [0, 0.1) is 0 Å². The number of nitrogens with one attached hydrogen (secondary N) is 1. The lowest BCUT2D eigenvalue weighted by Gasteiger charge is -2.05. The molecule has 0 fully saturated rings. The minimum absolute atomic E-state index is 0.0258. The van der Waals surface area contributed by atoms with Crippen LogP contribution in [-0.2, 0) is 12.6 Å². The van der Waals surface area contributed by atoms with Crippen molar-refractivity contribution in [2.24, 2.45) is 0 Å². The van der Waals surface area contributed by atoms with Crippen molar-refractivity contribution in [2.45, 2.75) is 38.9 Å². The number of rotatable bonds is 5. The molecule has 0 amide bonds. The molecule has 0 bridgehead atoms. The second-order valence-electron chi connectivity index (χ2n) is 3.71. The summed E-state index contributed by atoms with van der Waals surface area (Å²) in [6.07, 6.45) is -3.54. The third-order valence-corrected chi connectivity index (χ3v) is 1.83. The summed E-state index contributed by atoms with van der Waals surface area (Å²) < 4.78 is 40.7. The van der Waals surface area contributed by atoms with E-state index >= 15 is 0 Å². The Morgan fingerprint density at radius 1 is 1.31 bits per heavy atom. The minimum atomic E-state index is -4.55. The lowest BCUT2D eigenvalue weighted by molar-refractivity contribution is -0.157. The first kappa shape index (κ1) is 13.0. The molecule has 0 aliphatic heterocycles. The van der Waals surface area contributed by atoms with Crippen LogP contribution in [-0.4, -0.2) is 22.8 Å². The Labute approximate surface area is 91.2 Å². The van der Waals surface area contributed by atoms with Crippen LogP contribution < -0.4 is 5.32 Å². The van der Waals surface area contributed by atoms with Gasteiger partial charge in [0.05, 0.1) is 0 Å². The predicted octanol–water partition coefficient (Wildman–Crippen LogP) is 2.02. The molecule has 1 rings (SSSR count). The SMILES string of the molecule is CC(C)NCCCc1nnc(C(F)(F)F)o1. The Morgan fingerprint density at radius 2 is 2.00 bits per heavy atom. The second kappa shape index (κ2) is 5.29. The summed E-state index contributed by atoms with van der Waals surface area (Å²) in [6.45, 7) is 4.70. The molecule has 0 atom stereocenters. The lowest BCUT2D eigenvalue weighted by Crippen LogP contribution is -2.23. The van der Waals surface area contributed by atoms with E-state index in [0.717, 1.165) is 0 Å². The van der Waals surface area contributed by atoms with E-state index in [9.17, 15) is 13.2 Å². The van der Waals surface area contributed by atoms with Crippen molar-refractivity contribution < 1.29 is 17.6 Å². The molecule has 1 heterocycles. The molecule has 16 heavy (non-hydrogen) atoms. The van der Waals surface area contributed by atoms with Crippen LogP contribution >= 0.6 is 0 Å². The fraction of sp³-hybridized carbons (Fsp3) is 0.778. The van der Waals surface area contributed by atoms with Gasteiger partial charge in [0.25, 0.3) is 0 Å². The highest BCUT2D eigenvalue weighted by atomic mass is 19.4. The number of halogens is 3. The molecule has 0 saturated heterocycles. The highest BCUT2D eigenvalue weighted by Gasteiger charge is 2.37. The van der Waals surface area contributed by atoms with Crippen molar-refractivity contribution in [1.82, 2.24) is 15.5 Å². The van der Waals surface area contributed by atoms with E-state index in [1.54, 1.807) is 0 Å². The molecule has 0 saturated carbocycles. The molecule has 1 aromatic heterocycles. The number of alkyl halides is 3. The molecule has 0 aliphatic rings. The molecule has 0 aromatic carbocycles. The molecular formula is C9H14F3N3O. The Hall–Kier alpha value is -1.11. The molecular weight excluding hydrogens is 223 g/mol. The van der Waals surface area contributed by atoms with Crippen LogP contribution in [0.3, 0.4) is 0 Å². The van der Waals surface area contributed by atoms with E-state index < -0.39 is 12.1 Å². The summed E-state index contributed by atoms with van der Waals surface area (Å²) in [4.78, 5) is 0. The molecule has 7 heteroatoms. The smallest absolute Gasteiger partial charge is 0.417 e. The first-order valence-electron chi connectivity index (χ1n) is 5.02. The van der Waals surface area contributed by atoms with Gasteiger partial charge in [0, 0.05) is 12.5 Å². The van der Waals surface area contributed by atoms with Gasteiger partial charge in [-0.05, 0) is 13.0 Å². The van der Waals surface area contributed by atoms with E-state index in [0.29, 0.717) is 25.4 Å². The van der Waals surface area contributed by atoms with Gasteiger partial charge in [-0.2, -0.15) is 13.2 Å². The maximum Gasteiger partial charge on any atom is 0.470 e. The standard InChI is InChI=1S/C9H14F3N3O/c1-6(2)13-5-3-4-7-14-15-8(16-7)9(10,11)12/h6,13H,3-5H2,1-2H3. The van der Waals surface area contributed by atoms with E-state index in [-0.39, 0.29) is 5.89 Å². The van der Waals surface area contributed by atoms with Crippen LogP contribution in [0.5, 0.6) is 0 Å². The van der Waals surface area contributed by atoms with E-state index in [4.69, 9.17) is 0 Å². The van der Waals surface area contributed by atoms with Gasteiger partial charge >= 0.3 is 12.1 Å². The number of nitrogens with zero attached hydrogens (tertiary/aromatic N) is 2. The quantitative estimate of drug-likeness (QED) is 0.796. The first-order valence-corrected chi connectivity index (χ1v) is 5.02. The average Bonchev–Trinajstić information content (AvgIpc) is 2.59. The van der Waals surface area contributed by atoms with Crippen molar-refractivity contribution in [2.75, 3.05) is 6.54 Å². The Kier molecular flexibility index (Phi) is 4.28. The Morgan fingerprint density at radius 3 is 2.50 bits per heavy atom. The maximum atomic E-state index is 12.1. The monoisotopic (exact) mass is 237 g/mol. The zero-order valence-electron chi connectivity index (χ0n) is 9.14. The van der Waals surface area contributed by atoms with E-state index in [2.05, 4.69) is 19.9 Å². The molecule has 0 unspecified atom stereocenters. The maximum absolute atomic E-state index is 12.1. The van der Waals surface area contributed by atoms with Crippen LogP contribution in [0.4, 0.5) is 13.2 Å². The normalized spacial score (nSPS) is 12.4. The molecule has 1 N–H and O–H groups in total.